The van der Waals surface area contributed by atoms with Gasteiger partial charge in [0.2, 0.25) is 0 Å². The summed E-state index contributed by atoms with van der Waals surface area (Å²) in [5.41, 5.74) is -0.523. The van der Waals surface area contributed by atoms with Crippen molar-refractivity contribution in [3.05, 3.63) is 0 Å². The van der Waals surface area contributed by atoms with E-state index >= 15 is 0 Å². The number of ether oxygens (including phenoxy) is 2. The SMILES string of the molecule is C[C@@H]1CCC23C4OOC5(C)CCC41C2[C@@H](C5)OC(=NC1[C@H](O)O[C@@H](CO)[C@H](O)[C@H]1O)[C@@H]3C. The molecule has 0 amide bonds. The van der Waals surface area contributed by atoms with Gasteiger partial charge in [-0.05, 0) is 38.5 Å². The van der Waals surface area contributed by atoms with Crippen LogP contribution in [-0.2, 0) is 19.2 Å². The molecule has 0 aromatic carbocycles. The zero-order valence-corrected chi connectivity index (χ0v) is 18.9. The third kappa shape index (κ3) is 2.46. The largest absolute Gasteiger partial charge is 0.477 e. The van der Waals surface area contributed by atoms with Crippen molar-refractivity contribution in [2.75, 3.05) is 6.61 Å². The van der Waals surface area contributed by atoms with Gasteiger partial charge in [0.25, 0.3) is 0 Å². The fourth-order valence-electron chi connectivity index (χ4n) is 8.41. The van der Waals surface area contributed by atoms with Gasteiger partial charge in [-0.25, -0.2) is 14.8 Å². The monoisotopic (exact) mass is 453 g/mol. The van der Waals surface area contributed by atoms with Gasteiger partial charge in [0.1, 0.15) is 42.2 Å². The summed E-state index contributed by atoms with van der Waals surface area (Å²) in [4.78, 5) is 16.9. The van der Waals surface area contributed by atoms with Gasteiger partial charge in [-0.1, -0.05) is 13.8 Å². The Morgan fingerprint density at radius 1 is 1.06 bits per heavy atom. The molecule has 3 bridgehead atoms. The maximum absolute atomic E-state index is 10.6. The van der Waals surface area contributed by atoms with Crippen molar-refractivity contribution < 1.29 is 39.7 Å². The summed E-state index contributed by atoms with van der Waals surface area (Å²) in [6.45, 7) is 6.01. The smallest absolute Gasteiger partial charge is 0.187 e. The second-order valence-corrected chi connectivity index (χ2v) is 11.4. The molecule has 3 saturated heterocycles. The number of rotatable bonds is 2. The lowest BCUT2D eigenvalue weighted by molar-refractivity contribution is -0.482. The third-order valence-electron chi connectivity index (χ3n) is 10.1. The molecule has 4 saturated carbocycles. The molecule has 7 aliphatic rings. The van der Waals surface area contributed by atoms with Crippen LogP contribution in [0.15, 0.2) is 4.99 Å². The molecule has 180 valence electrons. The molecule has 4 N–H and O–H groups in total. The molecule has 0 aromatic rings. The van der Waals surface area contributed by atoms with Crippen molar-refractivity contribution in [1.82, 2.24) is 0 Å². The third-order valence-corrected chi connectivity index (χ3v) is 10.1. The predicted molar refractivity (Wildman–Crippen MR) is 110 cm³/mol. The first kappa shape index (κ1) is 21.7. The Hall–Kier alpha value is -0.810. The summed E-state index contributed by atoms with van der Waals surface area (Å²) in [6.07, 6.45) is -0.505. The lowest BCUT2D eigenvalue weighted by atomic mass is 9.30. The topological polar surface area (TPSA) is 130 Å². The Balaban J connectivity index is 1.39. The standard InChI is InChI=1S/C23H35NO8/c1-10-4-5-23-11(2)18(24-14-16(27)15(26)13(9-25)30-19(14)28)29-12-8-21(3)6-7-22(10,17(12)23)20(23)31-32-21/h10-17,19-20,25-28H,4-9H2,1-3H3/t10-,11+,12-,13+,14?,15+,16+,17?,19-,20?,21?,22?,23?/m1/s1. The minimum absolute atomic E-state index is 0.0284. The molecule has 32 heavy (non-hydrogen) atoms. The molecule has 2 spiro atoms. The predicted octanol–water partition coefficient (Wildman–Crippen LogP) is 0.525. The summed E-state index contributed by atoms with van der Waals surface area (Å²) in [6, 6.07) is -1.10. The van der Waals surface area contributed by atoms with Crippen molar-refractivity contribution in [1.29, 1.82) is 0 Å². The second-order valence-electron chi connectivity index (χ2n) is 11.4. The first-order valence-corrected chi connectivity index (χ1v) is 12.1. The van der Waals surface area contributed by atoms with E-state index in [1.54, 1.807) is 0 Å². The number of aliphatic imine (C=N–C) groups is 1. The summed E-state index contributed by atoms with van der Waals surface area (Å²) in [7, 11) is 0. The Bertz CT molecular complexity index is 824. The van der Waals surface area contributed by atoms with Gasteiger partial charge in [-0.3, -0.25) is 0 Å². The van der Waals surface area contributed by atoms with Gasteiger partial charge < -0.3 is 29.9 Å². The highest BCUT2D eigenvalue weighted by atomic mass is 17.2. The average molecular weight is 454 g/mol. The van der Waals surface area contributed by atoms with E-state index in [2.05, 4.69) is 25.8 Å². The molecule has 6 unspecified atom stereocenters. The number of nitrogens with zero attached hydrogens (tertiary/aromatic N) is 1. The van der Waals surface area contributed by atoms with E-state index in [0.29, 0.717) is 24.2 Å². The second kappa shape index (κ2) is 6.87. The highest BCUT2D eigenvalue weighted by Gasteiger charge is 2.83. The average Bonchev–Trinajstić information content (AvgIpc) is 2.95. The van der Waals surface area contributed by atoms with E-state index in [4.69, 9.17) is 19.2 Å². The lowest BCUT2D eigenvalue weighted by Gasteiger charge is -2.77. The van der Waals surface area contributed by atoms with Crippen LogP contribution in [0.25, 0.3) is 0 Å². The number of fused-ring (bicyclic) bond motifs is 4. The lowest BCUT2D eigenvalue weighted by Crippen LogP contribution is -2.81. The van der Waals surface area contributed by atoms with Gasteiger partial charge in [-0.15, -0.1) is 0 Å². The molecule has 0 aromatic heterocycles. The van der Waals surface area contributed by atoms with Gasteiger partial charge >= 0.3 is 0 Å². The zero-order valence-electron chi connectivity index (χ0n) is 18.9. The molecule has 13 atom stereocenters. The van der Waals surface area contributed by atoms with Gasteiger partial charge in [0.05, 0.1) is 6.61 Å². The Kier molecular flexibility index (Phi) is 4.66. The van der Waals surface area contributed by atoms with E-state index in [0.717, 1.165) is 25.7 Å². The van der Waals surface area contributed by atoms with Crippen molar-refractivity contribution in [2.45, 2.75) is 101 Å². The van der Waals surface area contributed by atoms with Crippen LogP contribution in [0.3, 0.4) is 0 Å². The summed E-state index contributed by atoms with van der Waals surface area (Å²) >= 11 is 0. The Labute approximate surface area is 187 Å². The van der Waals surface area contributed by atoms with E-state index in [1.807, 2.05) is 0 Å². The first-order chi connectivity index (χ1) is 15.2. The van der Waals surface area contributed by atoms with Gasteiger partial charge in [0.15, 0.2) is 12.2 Å². The highest BCUT2D eigenvalue weighted by Crippen LogP contribution is 2.79. The maximum atomic E-state index is 10.6. The molecule has 3 aliphatic heterocycles. The Morgan fingerprint density at radius 3 is 2.59 bits per heavy atom. The van der Waals surface area contributed by atoms with Gasteiger partial charge in [0, 0.05) is 29.1 Å². The van der Waals surface area contributed by atoms with Crippen LogP contribution >= 0.6 is 0 Å². The van der Waals surface area contributed by atoms with Gasteiger partial charge in [-0.2, -0.15) is 0 Å². The fraction of sp³-hybridized carbons (Fsp3) is 0.957. The quantitative estimate of drug-likeness (QED) is 0.446. The molecular formula is C23H35NO8. The normalized spacial score (nSPS) is 62.0. The number of aliphatic hydroxyl groups excluding tert-OH is 4. The zero-order chi connectivity index (χ0) is 22.6. The molecule has 7 fully saturated rings. The molecule has 3 heterocycles. The van der Waals surface area contributed by atoms with Crippen LogP contribution in [0.1, 0.15) is 52.9 Å². The summed E-state index contributed by atoms with van der Waals surface area (Å²) in [5.74, 6) is 1.29. The minimum Gasteiger partial charge on any atom is -0.477 e. The summed E-state index contributed by atoms with van der Waals surface area (Å²) in [5, 5.41) is 40.8. The molecular weight excluding hydrogens is 418 g/mol. The van der Waals surface area contributed by atoms with Crippen molar-refractivity contribution >= 4 is 5.90 Å². The number of aliphatic hydroxyl groups is 4. The van der Waals surface area contributed by atoms with Crippen molar-refractivity contribution in [3.63, 3.8) is 0 Å². The van der Waals surface area contributed by atoms with Crippen LogP contribution in [0.5, 0.6) is 0 Å². The van der Waals surface area contributed by atoms with Crippen LogP contribution < -0.4 is 0 Å². The number of hydrogen-bond donors (Lipinski definition) is 4. The molecule has 9 heteroatoms. The number of hydrogen-bond acceptors (Lipinski definition) is 9. The molecule has 7 rings (SSSR count). The molecule has 9 nitrogen and oxygen atoms in total. The van der Waals surface area contributed by atoms with E-state index in [1.165, 1.54) is 0 Å². The van der Waals surface area contributed by atoms with E-state index in [-0.39, 0.29) is 29.0 Å². The van der Waals surface area contributed by atoms with Crippen LogP contribution in [-0.4, -0.2) is 81.4 Å². The Morgan fingerprint density at radius 2 is 1.84 bits per heavy atom. The fourth-order valence-corrected chi connectivity index (χ4v) is 8.41. The first-order valence-electron chi connectivity index (χ1n) is 12.1. The van der Waals surface area contributed by atoms with Crippen LogP contribution in [0.2, 0.25) is 0 Å². The van der Waals surface area contributed by atoms with Crippen molar-refractivity contribution in [3.8, 4) is 0 Å². The van der Waals surface area contributed by atoms with Crippen molar-refractivity contribution in [2.24, 2.45) is 33.6 Å². The maximum Gasteiger partial charge on any atom is 0.187 e. The van der Waals surface area contributed by atoms with Crippen LogP contribution in [0.4, 0.5) is 0 Å². The summed E-state index contributed by atoms with van der Waals surface area (Å²) < 4.78 is 11.9. The van der Waals surface area contributed by atoms with Crippen LogP contribution in [0, 0.1) is 28.6 Å². The molecule has 0 radical (unpaired) electrons. The van der Waals surface area contributed by atoms with E-state index < -0.39 is 42.9 Å². The molecule has 4 aliphatic carbocycles. The highest BCUT2D eigenvalue weighted by molar-refractivity contribution is 5.81. The van der Waals surface area contributed by atoms with E-state index in [9.17, 15) is 20.4 Å². The minimum atomic E-state index is -1.45.